The summed E-state index contributed by atoms with van der Waals surface area (Å²) in [4.78, 5) is 21.0. The topological polar surface area (TPSA) is 105 Å². The van der Waals surface area contributed by atoms with Gasteiger partial charge in [-0.15, -0.1) is 0 Å². The van der Waals surface area contributed by atoms with Crippen molar-refractivity contribution < 1.29 is 9.18 Å². The third-order valence-electron chi connectivity index (χ3n) is 7.19. The highest BCUT2D eigenvalue weighted by Gasteiger charge is 2.45. The summed E-state index contributed by atoms with van der Waals surface area (Å²) in [6.45, 7) is 0. The quantitative estimate of drug-likeness (QED) is 0.649. The van der Waals surface area contributed by atoms with Crippen LogP contribution in [0.4, 0.5) is 10.1 Å². The Labute approximate surface area is 185 Å². The van der Waals surface area contributed by atoms with Gasteiger partial charge in [0.1, 0.15) is 17.6 Å². The number of nitrogens with two attached hydrogens (primary N) is 1. The molecule has 2 aliphatic rings. The van der Waals surface area contributed by atoms with E-state index in [-0.39, 0.29) is 17.6 Å². The van der Waals surface area contributed by atoms with Crippen molar-refractivity contribution in [1.29, 1.82) is 5.26 Å². The molecule has 2 unspecified atom stereocenters. The Hall–Kier alpha value is -3.37. The molecule has 0 spiro atoms. The van der Waals surface area contributed by atoms with Crippen LogP contribution in [0.5, 0.6) is 0 Å². The molecule has 3 aromatic rings. The Kier molecular flexibility index (Phi) is 5.32. The number of halogens is 1. The number of hydrogen-bond donors (Lipinski definition) is 2. The zero-order valence-electron chi connectivity index (χ0n) is 17.5. The van der Waals surface area contributed by atoms with Gasteiger partial charge in [-0.1, -0.05) is 0 Å². The molecule has 0 aliphatic heterocycles. The lowest BCUT2D eigenvalue weighted by Gasteiger charge is -2.21. The third kappa shape index (κ3) is 3.82. The van der Waals surface area contributed by atoms with Crippen molar-refractivity contribution in [1.82, 2.24) is 9.97 Å². The van der Waals surface area contributed by atoms with Crippen LogP contribution in [0.15, 0.2) is 48.8 Å². The van der Waals surface area contributed by atoms with Crippen molar-refractivity contribution in [2.45, 2.75) is 37.6 Å². The van der Waals surface area contributed by atoms with Gasteiger partial charge in [0.2, 0.25) is 5.91 Å². The van der Waals surface area contributed by atoms with Gasteiger partial charge >= 0.3 is 0 Å². The third-order valence-corrected chi connectivity index (χ3v) is 7.19. The lowest BCUT2D eigenvalue weighted by atomic mass is 9.88. The fourth-order valence-corrected chi connectivity index (χ4v) is 5.68. The van der Waals surface area contributed by atoms with Crippen molar-refractivity contribution in [3.05, 3.63) is 65.9 Å². The van der Waals surface area contributed by atoms with Crippen molar-refractivity contribution in [2.75, 3.05) is 5.32 Å². The van der Waals surface area contributed by atoms with Crippen molar-refractivity contribution in [3.8, 4) is 6.07 Å². The number of aromatic nitrogens is 2. The maximum absolute atomic E-state index is 13.8. The van der Waals surface area contributed by atoms with Crippen molar-refractivity contribution >= 4 is 22.5 Å². The van der Waals surface area contributed by atoms with Crippen LogP contribution in [0.3, 0.4) is 0 Å². The van der Waals surface area contributed by atoms with Crippen LogP contribution in [0.2, 0.25) is 0 Å². The minimum atomic E-state index is -0.578. The highest BCUT2D eigenvalue weighted by molar-refractivity contribution is 5.94. The zero-order valence-corrected chi connectivity index (χ0v) is 17.5. The maximum Gasteiger partial charge on any atom is 0.241 e. The Morgan fingerprint density at radius 2 is 1.91 bits per heavy atom. The second kappa shape index (κ2) is 8.29. The van der Waals surface area contributed by atoms with Crippen molar-refractivity contribution in [2.24, 2.45) is 23.5 Å². The summed E-state index contributed by atoms with van der Waals surface area (Å²) in [6.07, 6.45) is 7.20. The number of nitriles is 1. The van der Waals surface area contributed by atoms with E-state index in [2.05, 4.69) is 15.3 Å². The maximum atomic E-state index is 13.8. The smallest absolute Gasteiger partial charge is 0.241 e. The van der Waals surface area contributed by atoms with Crippen molar-refractivity contribution in [3.63, 3.8) is 0 Å². The molecule has 2 aromatic heterocycles. The Balaban J connectivity index is 1.23. The first-order valence-electron chi connectivity index (χ1n) is 11.0. The summed E-state index contributed by atoms with van der Waals surface area (Å²) in [6, 6.07) is 11.4. The molecule has 32 heavy (non-hydrogen) atoms. The molecule has 2 fully saturated rings. The first kappa shape index (κ1) is 20.5. The number of anilines is 1. The number of nitrogens with one attached hydrogen (secondary N) is 1. The van der Waals surface area contributed by atoms with Crippen LogP contribution in [-0.2, 0) is 4.79 Å². The van der Waals surface area contributed by atoms with E-state index in [1.54, 1.807) is 24.3 Å². The predicted octanol–water partition coefficient (Wildman–Crippen LogP) is 4.13. The van der Waals surface area contributed by atoms with E-state index in [0.717, 1.165) is 36.6 Å². The molecule has 5 rings (SSSR count). The highest BCUT2D eigenvalue weighted by atomic mass is 19.1. The molecule has 2 saturated carbocycles. The van der Waals surface area contributed by atoms with Gasteiger partial charge in [-0.25, -0.2) is 9.37 Å². The van der Waals surface area contributed by atoms with E-state index < -0.39 is 6.04 Å². The summed E-state index contributed by atoms with van der Waals surface area (Å²) >= 11 is 0. The minimum absolute atomic E-state index is 0.143. The second-order valence-electron chi connectivity index (χ2n) is 9.04. The van der Waals surface area contributed by atoms with E-state index >= 15 is 0 Å². The van der Waals surface area contributed by atoms with Crippen LogP contribution in [0, 0.1) is 34.9 Å². The highest BCUT2D eigenvalue weighted by Crippen LogP contribution is 2.53. The minimum Gasteiger partial charge on any atom is -0.323 e. The SMILES string of the molecule is N#Cc1ccc(NC(=O)C(N)[C@@H]2CC3C[C@H](c4ccnc5ccc(F)cc45)C[C@@H]3C2)cn1. The number of carbonyl (C=O) groups is 1. The molecule has 0 bridgehead atoms. The van der Waals surface area contributed by atoms with Crippen LogP contribution in [0.25, 0.3) is 10.9 Å². The molecule has 162 valence electrons. The number of carbonyl (C=O) groups excluding carboxylic acids is 1. The zero-order chi connectivity index (χ0) is 22.2. The van der Waals surface area contributed by atoms with Crippen LogP contribution >= 0.6 is 0 Å². The molecule has 3 N–H and O–H groups in total. The van der Waals surface area contributed by atoms with Crippen LogP contribution in [-0.4, -0.2) is 21.9 Å². The summed E-state index contributed by atoms with van der Waals surface area (Å²) in [5, 5.41) is 12.6. The molecule has 6 nitrogen and oxygen atoms in total. The number of rotatable bonds is 4. The summed E-state index contributed by atoms with van der Waals surface area (Å²) in [5.41, 5.74) is 9.18. The number of amides is 1. The molecule has 1 aromatic carbocycles. The number of nitrogens with zero attached hydrogens (tertiary/aromatic N) is 3. The van der Waals surface area contributed by atoms with Gasteiger partial charge in [-0.3, -0.25) is 9.78 Å². The fraction of sp³-hybridized carbons (Fsp3) is 0.360. The first-order chi connectivity index (χ1) is 15.5. The predicted molar refractivity (Wildman–Crippen MR) is 119 cm³/mol. The average Bonchev–Trinajstić information content (AvgIpc) is 3.38. The molecule has 0 radical (unpaired) electrons. The molecular weight excluding hydrogens is 405 g/mol. The van der Waals surface area contributed by atoms with E-state index in [1.807, 2.05) is 18.3 Å². The molecule has 0 saturated heterocycles. The summed E-state index contributed by atoms with van der Waals surface area (Å²) < 4.78 is 13.8. The molecular formula is C25H24FN5O. The molecule has 7 heteroatoms. The van der Waals surface area contributed by atoms with E-state index in [4.69, 9.17) is 11.0 Å². The van der Waals surface area contributed by atoms with Gasteiger partial charge in [-0.05, 0) is 91.3 Å². The summed E-state index contributed by atoms with van der Waals surface area (Å²) in [5.74, 6) is 1.12. The number of pyridine rings is 2. The van der Waals surface area contributed by atoms with Crippen LogP contribution < -0.4 is 11.1 Å². The van der Waals surface area contributed by atoms with Gasteiger partial charge in [-0.2, -0.15) is 5.26 Å². The van der Waals surface area contributed by atoms with E-state index in [1.165, 1.54) is 17.8 Å². The van der Waals surface area contributed by atoms with Crippen LogP contribution in [0.1, 0.15) is 42.9 Å². The largest absolute Gasteiger partial charge is 0.323 e. The number of benzene rings is 1. The van der Waals surface area contributed by atoms with Gasteiger partial charge in [0, 0.05) is 11.6 Å². The summed E-state index contributed by atoms with van der Waals surface area (Å²) in [7, 11) is 0. The first-order valence-corrected chi connectivity index (χ1v) is 11.0. The van der Waals surface area contributed by atoms with Gasteiger partial charge in [0.25, 0.3) is 0 Å². The standard InChI is InChI=1S/C25H24FN5O/c26-18-1-4-23-22(11-18)21(5-6-29-23)16-7-14-9-17(10-15(14)8-16)24(28)25(32)31-20-3-2-19(12-27)30-13-20/h1-6,11,13-17,24H,7-10,28H2,(H,31,32)/t14-,15?,16-,17+,24?/m1/s1. The Bertz CT molecular complexity index is 1190. The average molecular weight is 429 g/mol. The lowest BCUT2D eigenvalue weighted by molar-refractivity contribution is -0.118. The fourth-order valence-electron chi connectivity index (χ4n) is 5.68. The normalized spacial score (nSPS) is 25.3. The van der Waals surface area contributed by atoms with E-state index in [0.29, 0.717) is 29.1 Å². The molecule has 2 heterocycles. The number of fused-ring (bicyclic) bond motifs is 2. The van der Waals surface area contributed by atoms with Gasteiger partial charge in [0.15, 0.2) is 0 Å². The second-order valence-corrected chi connectivity index (χ2v) is 9.04. The Morgan fingerprint density at radius 3 is 2.59 bits per heavy atom. The molecule has 5 atom stereocenters. The Morgan fingerprint density at radius 1 is 1.12 bits per heavy atom. The molecule has 1 amide bonds. The molecule has 2 aliphatic carbocycles. The van der Waals surface area contributed by atoms with Gasteiger partial charge < -0.3 is 11.1 Å². The van der Waals surface area contributed by atoms with Gasteiger partial charge in [0.05, 0.1) is 23.4 Å². The monoisotopic (exact) mass is 429 g/mol. The van der Waals surface area contributed by atoms with E-state index in [9.17, 15) is 9.18 Å². The lowest BCUT2D eigenvalue weighted by Crippen LogP contribution is -2.41. The number of hydrogen-bond acceptors (Lipinski definition) is 5.